The summed E-state index contributed by atoms with van der Waals surface area (Å²) in [5.74, 6) is 0.888. The van der Waals surface area contributed by atoms with E-state index in [1.807, 2.05) is 0 Å². The zero-order valence-electron chi connectivity index (χ0n) is 25.0. The van der Waals surface area contributed by atoms with E-state index in [0.29, 0.717) is 99.1 Å². The van der Waals surface area contributed by atoms with Crippen molar-refractivity contribution in [2.45, 2.75) is 58.3 Å². The minimum atomic E-state index is 0.0319. The SMILES string of the molecule is CCCCCCCCCc1ccc(OCCOCCOCCOCCOCCOCCOCCOCCO)cc1. The minimum Gasteiger partial charge on any atom is -0.491 e. The third kappa shape index (κ3) is 25.7. The molecule has 1 aromatic rings. The lowest BCUT2D eigenvalue weighted by molar-refractivity contribution is -0.0221. The summed E-state index contributed by atoms with van der Waals surface area (Å²) in [7, 11) is 0. The summed E-state index contributed by atoms with van der Waals surface area (Å²) in [5, 5.41) is 8.58. The molecule has 0 aromatic heterocycles. The third-order valence-corrected chi connectivity index (χ3v) is 5.96. The maximum Gasteiger partial charge on any atom is 0.119 e. The zero-order valence-corrected chi connectivity index (χ0v) is 25.0. The molecule has 0 fully saturated rings. The molecule has 0 atom stereocenters. The van der Waals surface area contributed by atoms with Gasteiger partial charge in [0.05, 0.1) is 99.1 Å². The molecule has 1 rings (SSSR count). The van der Waals surface area contributed by atoms with Gasteiger partial charge in [0, 0.05) is 0 Å². The van der Waals surface area contributed by atoms with Crippen molar-refractivity contribution < 1.29 is 43.0 Å². The molecule has 0 aliphatic rings. The largest absolute Gasteiger partial charge is 0.491 e. The molecule has 1 N–H and O–H groups in total. The van der Waals surface area contributed by atoms with Gasteiger partial charge in [0.2, 0.25) is 0 Å². The van der Waals surface area contributed by atoms with Crippen LogP contribution in [0.2, 0.25) is 0 Å². The molecule has 9 nitrogen and oxygen atoms in total. The van der Waals surface area contributed by atoms with E-state index in [1.54, 1.807) is 0 Å². The lowest BCUT2D eigenvalue weighted by Gasteiger charge is -2.09. The first-order chi connectivity index (χ1) is 19.9. The fourth-order valence-electron chi connectivity index (χ4n) is 3.74. The van der Waals surface area contributed by atoms with E-state index >= 15 is 0 Å². The van der Waals surface area contributed by atoms with Crippen molar-refractivity contribution in [1.82, 2.24) is 0 Å². The molecule has 0 radical (unpaired) electrons. The van der Waals surface area contributed by atoms with E-state index < -0.39 is 0 Å². The molecule has 40 heavy (non-hydrogen) atoms. The Bertz CT molecular complexity index is 615. The van der Waals surface area contributed by atoms with Crippen LogP contribution in [0.1, 0.15) is 57.4 Å². The van der Waals surface area contributed by atoms with Gasteiger partial charge in [-0.25, -0.2) is 0 Å². The number of hydrogen-bond acceptors (Lipinski definition) is 9. The van der Waals surface area contributed by atoms with Crippen molar-refractivity contribution in [3.8, 4) is 5.75 Å². The van der Waals surface area contributed by atoms with Gasteiger partial charge in [-0.05, 0) is 30.5 Å². The van der Waals surface area contributed by atoms with Crippen LogP contribution in [0.15, 0.2) is 24.3 Å². The highest BCUT2D eigenvalue weighted by Gasteiger charge is 1.99. The quantitative estimate of drug-likeness (QED) is 0.126. The second kappa shape index (κ2) is 30.7. The Labute approximate surface area is 242 Å². The Kier molecular flexibility index (Phi) is 28.1. The molecule has 0 aliphatic carbocycles. The lowest BCUT2D eigenvalue weighted by Crippen LogP contribution is -2.15. The monoisotopic (exact) mass is 572 g/mol. The second-order valence-corrected chi connectivity index (χ2v) is 9.37. The fraction of sp³-hybridized carbons (Fsp3) is 0.806. The van der Waals surface area contributed by atoms with Gasteiger partial charge in [0.1, 0.15) is 12.4 Å². The van der Waals surface area contributed by atoms with E-state index in [9.17, 15) is 0 Å². The number of aliphatic hydroxyl groups is 1. The summed E-state index contributed by atoms with van der Waals surface area (Å²) in [4.78, 5) is 0. The highest BCUT2D eigenvalue weighted by molar-refractivity contribution is 5.27. The average Bonchev–Trinajstić information content (AvgIpc) is 2.98. The van der Waals surface area contributed by atoms with Gasteiger partial charge in [-0.3, -0.25) is 0 Å². The number of aliphatic hydroxyl groups excluding tert-OH is 1. The number of rotatable bonds is 32. The van der Waals surface area contributed by atoms with E-state index in [-0.39, 0.29) is 6.61 Å². The molecule has 0 bridgehead atoms. The van der Waals surface area contributed by atoms with Crippen molar-refractivity contribution in [3.63, 3.8) is 0 Å². The number of hydrogen-bond donors (Lipinski definition) is 1. The van der Waals surface area contributed by atoms with Gasteiger partial charge in [-0.2, -0.15) is 0 Å². The molecule has 1 aromatic carbocycles. The van der Waals surface area contributed by atoms with Crippen molar-refractivity contribution >= 4 is 0 Å². The third-order valence-electron chi connectivity index (χ3n) is 5.96. The molecule has 0 saturated heterocycles. The molecule has 0 unspecified atom stereocenters. The van der Waals surface area contributed by atoms with Crippen LogP contribution >= 0.6 is 0 Å². The average molecular weight is 573 g/mol. The van der Waals surface area contributed by atoms with Crippen LogP contribution in [-0.4, -0.2) is 111 Å². The van der Waals surface area contributed by atoms with E-state index in [2.05, 4.69) is 31.2 Å². The maximum absolute atomic E-state index is 8.58. The summed E-state index contributed by atoms with van der Waals surface area (Å²) in [6, 6.07) is 8.45. The highest BCUT2D eigenvalue weighted by Crippen LogP contribution is 2.15. The number of benzene rings is 1. The highest BCUT2D eigenvalue weighted by atomic mass is 16.6. The first-order valence-corrected chi connectivity index (χ1v) is 15.2. The molecule has 0 amide bonds. The smallest absolute Gasteiger partial charge is 0.119 e. The van der Waals surface area contributed by atoms with Gasteiger partial charge < -0.3 is 43.0 Å². The van der Waals surface area contributed by atoms with Crippen molar-refractivity contribution in [2.24, 2.45) is 0 Å². The molecule has 0 spiro atoms. The van der Waals surface area contributed by atoms with Crippen molar-refractivity contribution in [3.05, 3.63) is 29.8 Å². The number of unbranched alkanes of at least 4 members (excludes halogenated alkanes) is 6. The topological polar surface area (TPSA) is 94.1 Å². The van der Waals surface area contributed by atoms with Crippen LogP contribution in [-0.2, 0) is 39.6 Å². The molecule has 0 aliphatic heterocycles. The Morgan fingerprint density at radius 2 is 0.825 bits per heavy atom. The summed E-state index contributed by atoms with van der Waals surface area (Å²) in [6.45, 7) is 9.90. The van der Waals surface area contributed by atoms with Gasteiger partial charge in [-0.15, -0.1) is 0 Å². The van der Waals surface area contributed by atoms with Gasteiger partial charge in [-0.1, -0.05) is 57.6 Å². The summed E-state index contributed by atoms with van der Waals surface area (Å²) < 4.78 is 43.6. The van der Waals surface area contributed by atoms with Crippen LogP contribution in [0.25, 0.3) is 0 Å². The van der Waals surface area contributed by atoms with E-state index in [1.165, 1.54) is 50.5 Å². The van der Waals surface area contributed by atoms with Crippen LogP contribution in [0.5, 0.6) is 5.75 Å². The van der Waals surface area contributed by atoms with Crippen molar-refractivity contribution in [2.75, 3.05) is 106 Å². The number of aryl methyl sites for hydroxylation is 1. The maximum atomic E-state index is 8.58. The van der Waals surface area contributed by atoms with E-state index in [0.717, 1.165) is 12.2 Å². The van der Waals surface area contributed by atoms with E-state index in [4.69, 9.17) is 43.0 Å². The van der Waals surface area contributed by atoms with Crippen LogP contribution in [0.4, 0.5) is 0 Å². The zero-order chi connectivity index (χ0) is 28.6. The predicted molar refractivity (Wildman–Crippen MR) is 156 cm³/mol. The lowest BCUT2D eigenvalue weighted by atomic mass is 10.0. The van der Waals surface area contributed by atoms with Gasteiger partial charge in [0.15, 0.2) is 0 Å². The molecular formula is C31H56O9. The molecule has 234 valence electrons. The molecule has 0 saturated carbocycles. The standard InChI is InChI=1S/C31H56O9/c1-2-3-4-5-6-7-8-9-30-10-12-31(13-11-30)40-29-28-39-27-26-38-25-24-37-23-22-36-21-20-35-19-18-34-17-16-33-15-14-32/h10-13,32H,2-9,14-29H2,1H3. The van der Waals surface area contributed by atoms with Gasteiger partial charge >= 0.3 is 0 Å². The second-order valence-electron chi connectivity index (χ2n) is 9.37. The Balaban J connectivity index is 1.76. The van der Waals surface area contributed by atoms with Gasteiger partial charge in [0.25, 0.3) is 0 Å². The first kappa shape index (κ1) is 36.7. The van der Waals surface area contributed by atoms with Crippen LogP contribution in [0, 0.1) is 0 Å². The fourth-order valence-corrected chi connectivity index (χ4v) is 3.74. The molecular weight excluding hydrogens is 516 g/mol. The summed E-state index contributed by atoms with van der Waals surface area (Å²) in [6.07, 6.45) is 10.5. The minimum absolute atomic E-state index is 0.0319. The van der Waals surface area contributed by atoms with Crippen LogP contribution in [0.3, 0.4) is 0 Å². The van der Waals surface area contributed by atoms with Crippen molar-refractivity contribution in [1.29, 1.82) is 0 Å². The molecule has 0 heterocycles. The summed E-state index contributed by atoms with van der Waals surface area (Å²) >= 11 is 0. The normalized spacial score (nSPS) is 11.3. The number of ether oxygens (including phenoxy) is 8. The summed E-state index contributed by atoms with van der Waals surface area (Å²) in [5.41, 5.74) is 1.38. The predicted octanol–water partition coefficient (Wildman–Crippen LogP) is 4.47. The van der Waals surface area contributed by atoms with Crippen LogP contribution < -0.4 is 4.74 Å². The Morgan fingerprint density at radius 1 is 0.450 bits per heavy atom. The first-order valence-electron chi connectivity index (χ1n) is 15.2. The molecule has 9 heteroatoms. The Morgan fingerprint density at radius 3 is 1.25 bits per heavy atom. The Hall–Kier alpha value is -1.30.